The molecule has 0 spiro atoms. The Balaban J connectivity index is 1.55. The van der Waals surface area contributed by atoms with Crippen LogP contribution in [-0.2, 0) is 11.2 Å². The summed E-state index contributed by atoms with van der Waals surface area (Å²) in [6.45, 7) is 7.42. The van der Waals surface area contributed by atoms with E-state index in [0.29, 0.717) is 12.5 Å². The van der Waals surface area contributed by atoms with Crippen LogP contribution in [0.15, 0.2) is 54.2 Å². The summed E-state index contributed by atoms with van der Waals surface area (Å²) in [4.78, 5) is 14.8. The van der Waals surface area contributed by atoms with Crippen LogP contribution in [0.2, 0.25) is 0 Å². The van der Waals surface area contributed by atoms with Gasteiger partial charge in [-0.15, -0.1) is 0 Å². The van der Waals surface area contributed by atoms with Gasteiger partial charge < -0.3 is 5.32 Å². The molecule has 3 rings (SSSR count). The summed E-state index contributed by atoms with van der Waals surface area (Å²) in [5, 5.41) is 7.50. The van der Waals surface area contributed by atoms with E-state index in [-0.39, 0.29) is 5.91 Å². The molecule has 0 aliphatic carbocycles. The summed E-state index contributed by atoms with van der Waals surface area (Å²) in [5.74, 6) is 0.799. The Morgan fingerprint density at radius 1 is 1.19 bits per heavy atom. The van der Waals surface area contributed by atoms with Gasteiger partial charge in [0.15, 0.2) is 0 Å². The van der Waals surface area contributed by atoms with Crippen molar-refractivity contribution in [3.05, 3.63) is 59.8 Å². The first-order chi connectivity index (χ1) is 12.6. The number of piperidine rings is 1. The molecule has 0 saturated carbocycles. The van der Waals surface area contributed by atoms with E-state index in [0.717, 1.165) is 43.9 Å². The highest BCUT2D eigenvalue weighted by Gasteiger charge is 2.22. The number of allylic oxidation sites excluding steroid dienone is 1. The van der Waals surface area contributed by atoms with E-state index in [4.69, 9.17) is 0 Å². The molecule has 26 heavy (non-hydrogen) atoms. The second-order valence-corrected chi connectivity index (χ2v) is 7.18. The monoisotopic (exact) mass is 352 g/mol. The molecular weight excluding hydrogens is 324 g/mol. The fourth-order valence-corrected chi connectivity index (χ4v) is 3.33. The number of likely N-dealkylation sites (tertiary alicyclic amines) is 1. The first-order valence-electron chi connectivity index (χ1n) is 9.35. The highest BCUT2D eigenvalue weighted by atomic mass is 16.1. The van der Waals surface area contributed by atoms with Crippen molar-refractivity contribution in [2.45, 2.75) is 39.2 Å². The van der Waals surface area contributed by atoms with Gasteiger partial charge in [0.2, 0.25) is 5.91 Å². The molecule has 1 amide bonds. The van der Waals surface area contributed by atoms with E-state index >= 15 is 0 Å². The highest BCUT2D eigenvalue weighted by Crippen LogP contribution is 2.25. The van der Waals surface area contributed by atoms with E-state index < -0.39 is 0 Å². The van der Waals surface area contributed by atoms with Gasteiger partial charge in [-0.3, -0.25) is 9.69 Å². The maximum atomic E-state index is 12.3. The minimum absolute atomic E-state index is 0.000978. The van der Waals surface area contributed by atoms with Gasteiger partial charge in [-0.1, -0.05) is 42.0 Å². The van der Waals surface area contributed by atoms with Gasteiger partial charge in [0, 0.05) is 25.7 Å². The molecule has 2 aromatic rings. The molecule has 1 aliphatic rings. The Hall–Kier alpha value is -2.40. The molecule has 0 unspecified atom stereocenters. The predicted octanol–water partition coefficient (Wildman–Crippen LogP) is 3.67. The Labute approximate surface area is 155 Å². The number of nitrogens with one attached hydrogen (secondary N) is 1. The van der Waals surface area contributed by atoms with Crippen LogP contribution in [0.1, 0.15) is 38.3 Å². The maximum Gasteiger partial charge on any atom is 0.229 e. The van der Waals surface area contributed by atoms with Gasteiger partial charge >= 0.3 is 0 Å². The second kappa shape index (κ2) is 8.81. The number of hydrogen-bond donors (Lipinski definition) is 1. The number of hydrogen-bond acceptors (Lipinski definition) is 3. The number of carbonyl (C=O) groups is 1. The lowest BCUT2D eigenvalue weighted by Gasteiger charge is -2.32. The molecule has 1 aromatic carbocycles. The first-order valence-corrected chi connectivity index (χ1v) is 9.35. The van der Waals surface area contributed by atoms with E-state index in [1.54, 1.807) is 6.20 Å². The smallest absolute Gasteiger partial charge is 0.229 e. The van der Waals surface area contributed by atoms with Crippen LogP contribution in [0.5, 0.6) is 0 Å². The molecule has 1 aliphatic heterocycles. The Kier molecular flexibility index (Phi) is 6.23. The molecule has 2 heterocycles. The number of nitrogens with zero attached hydrogens (tertiary/aromatic N) is 3. The van der Waals surface area contributed by atoms with Crippen molar-refractivity contribution < 1.29 is 4.79 Å². The topological polar surface area (TPSA) is 50.2 Å². The van der Waals surface area contributed by atoms with E-state index in [1.807, 2.05) is 41.1 Å². The van der Waals surface area contributed by atoms with Crippen molar-refractivity contribution in [2.75, 3.05) is 25.0 Å². The lowest BCUT2D eigenvalue weighted by molar-refractivity contribution is -0.115. The highest BCUT2D eigenvalue weighted by molar-refractivity contribution is 5.91. The fourth-order valence-electron chi connectivity index (χ4n) is 3.33. The van der Waals surface area contributed by atoms with Crippen molar-refractivity contribution >= 4 is 11.7 Å². The van der Waals surface area contributed by atoms with Crippen molar-refractivity contribution in [2.24, 2.45) is 0 Å². The molecule has 0 bridgehead atoms. The summed E-state index contributed by atoms with van der Waals surface area (Å²) in [6, 6.07) is 12.0. The molecule has 1 fully saturated rings. The third-order valence-corrected chi connectivity index (χ3v) is 4.81. The summed E-state index contributed by atoms with van der Waals surface area (Å²) >= 11 is 0. The third-order valence-electron chi connectivity index (χ3n) is 4.81. The summed E-state index contributed by atoms with van der Waals surface area (Å²) in [5.41, 5.74) is 2.38. The van der Waals surface area contributed by atoms with Gasteiger partial charge in [-0.05, 0) is 32.3 Å². The summed E-state index contributed by atoms with van der Waals surface area (Å²) in [7, 11) is 0. The molecule has 1 N–H and O–H groups in total. The van der Waals surface area contributed by atoms with Crippen LogP contribution in [0.4, 0.5) is 5.82 Å². The quantitative estimate of drug-likeness (QED) is 0.807. The van der Waals surface area contributed by atoms with Gasteiger partial charge in [0.25, 0.3) is 0 Å². The van der Waals surface area contributed by atoms with Crippen LogP contribution < -0.4 is 5.32 Å². The minimum atomic E-state index is -0.000978. The van der Waals surface area contributed by atoms with Gasteiger partial charge in [0.1, 0.15) is 5.82 Å². The molecular formula is C21H28N4O. The average molecular weight is 352 g/mol. The summed E-state index contributed by atoms with van der Waals surface area (Å²) in [6.07, 6.45) is 6.55. The van der Waals surface area contributed by atoms with Crippen molar-refractivity contribution in [1.82, 2.24) is 14.7 Å². The number of benzene rings is 1. The first kappa shape index (κ1) is 18.4. The molecule has 5 heteroatoms. The average Bonchev–Trinajstić information content (AvgIpc) is 3.09. The largest absolute Gasteiger partial charge is 0.311 e. The second-order valence-electron chi connectivity index (χ2n) is 7.18. The van der Waals surface area contributed by atoms with Crippen LogP contribution in [0.25, 0.3) is 0 Å². The molecule has 1 saturated heterocycles. The number of aromatic nitrogens is 2. The predicted molar refractivity (Wildman–Crippen MR) is 105 cm³/mol. The van der Waals surface area contributed by atoms with E-state index in [9.17, 15) is 4.79 Å². The Morgan fingerprint density at radius 3 is 2.62 bits per heavy atom. The zero-order valence-electron chi connectivity index (χ0n) is 15.7. The molecule has 5 nitrogen and oxygen atoms in total. The summed E-state index contributed by atoms with van der Waals surface area (Å²) < 4.78 is 1.99. The third kappa shape index (κ3) is 5.05. The van der Waals surface area contributed by atoms with Crippen molar-refractivity contribution in [3.8, 4) is 0 Å². The lowest BCUT2D eigenvalue weighted by Crippen LogP contribution is -2.35. The van der Waals surface area contributed by atoms with Crippen molar-refractivity contribution in [3.63, 3.8) is 0 Å². The number of amides is 1. The van der Waals surface area contributed by atoms with Crippen LogP contribution in [-0.4, -0.2) is 40.2 Å². The van der Waals surface area contributed by atoms with Gasteiger partial charge in [-0.25, -0.2) is 4.68 Å². The minimum Gasteiger partial charge on any atom is -0.311 e. The molecule has 0 radical (unpaired) electrons. The Bertz CT molecular complexity index is 738. The number of rotatable bonds is 6. The van der Waals surface area contributed by atoms with Gasteiger partial charge in [0.05, 0.1) is 18.7 Å². The van der Waals surface area contributed by atoms with Crippen LogP contribution in [0, 0.1) is 0 Å². The van der Waals surface area contributed by atoms with Crippen LogP contribution in [0.3, 0.4) is 0 Å². The molecule has 1 aromatic heterocycles. The SMILES string of the molecule is CC(C)=CCN1CCC(n2nccc2NC(=O)Cc2ccccc2)CC1. The number of carbonyl (C=O) groups excluding carboxylic acids is 1. The van der Waals surface area contributed by atoms with Gasteiger partial charge in [-0.2, -0.15) is 5.10 Å². The normalized spacial score (nSPS) is 15.6. The lowest BCUT2D eigenvalue weighted by atomic mass is 10.1. The fraction of sp³-hybridized carbons (Fsp3) is 0.429. The maximum absolute atomic E-state index is 12.3. The van der Waals surface area contributed by atoms with E-state index in [2.05, 4.69) is 35.2 Å². The van der Waals surface area contributed by atoms with E-state index in [1.165, 1.54) is 5.57 Å². The van der Waals surface area contributed by atoms with Crippen LogP contribution >= 0.6 is 0 Å². The standard InChI is InChI=1S/C21H28N4O/c1-17(2)9-13-24-14-10-19(11-15-24)25-20(8-12-22-25)23-21(26)16-18-6-4-3-5-7-18/h3-9,12,19H,10-11,13-16H2,1-2H3,(H,23,26). The zero-order valence-corrected chi connectivity index (χ0v) is 15.7. The zero-order chi connectivity index (χ0) is 18.4. The molecule has 0 atom stereocenters. The molecule has 138 valence electrons. The van der Waals surface area contributed by atoms with Crippen molar-refractivity contribution in [1.29, 1.82) is 0 Å². The number of anilines is 1. The Morgan fingerprint density at radius 2 is 1.92 bits per heavy atom.